The molecule has 30 heavy (non-hydrogen) atoms. The number of rotatable bonds is 6. The minimum Gasteiger partial charge on any atom is -0.497 e. The Labute approximate surface area is 177 Å². The summed E-state index contributed by atoms with van der Waals surface area (Å²) >= 11 is 0. The minimum absolute atomic E-state index is 0.129. The molecule has 2 heterocycles. The van der Waals surface area contributed by atoms with Crippen LogP contribution in [0.15, 0.2) is 30.6 Å². The van der Waals surface area contributed by atoms with E-state index in [0.717, 1.165) is 49.2 Å². The molecule has 0 unspecified atom stereocenters. The van der Waals surface area contributed by atoms with Gasteiger partial charge in [0.1, 0.15) is 23.0 Å². The number of fused-ring (bicyclic) bond motifs is 1. The van der Waals surface area contributed by atoms with E-state index >= 15 is 0 Å². The average Bonchev–Trinajstić information content (AvgIpc) is 3.27. The largest absolute Gasteiger partial charge is 0.497 e. The van der Waals surface area contributed by atoms with Crippen molar-refractivity contribution in [1.29, 1.82) is 0 Å². The summed E-state index contributed by atoms with van der Waals surface area (Å²) < 4.78 is 5.32. The molecule has 0 aromatic carbocycles. The molecular formula is C23H29N5O2. The summed E-state index contributed by atoms with van der Waals surface area (Å²) in [6, 6.07) is 3.86. The Hall–Kier alpha value is -2.96. The van der Waals surface area contributed by atoms with Crippen LogP contribution in [0.4, 0.5) is 5.82 Å². The lowest BCUT2D eigenvalue weighted by Crippen LogP contribution is -2.40. The number of aryl methyl sites for hydroxylation is 1. The Bertz CT molecular complexity index is 953. The second-order valence-corrected chi connectivity index (χ2v) is 8.04. The SMILES string of the molecule is C=C(C(=O)NC1CCCCC1)N(C)c1nc(-c2cc(OC)ccn2)nc2c1CCC2. The zero-order valence-corrected chi connectivity index (χ0v) is 17.8. The number of hydrogen-bond acceptors (Lipinski definition) is 6. The second-order valence-electron chi connectivity index (χ2n) is 8.04. The minimum atomic E-state index is -0.129. The van der Waals surface area contributed by atoms with Crippen molar-refractivity contribution in [2.24, 2.45) is 0 Å². The van der Waals surface area contributed by atoms with Crippen LogP contribution in [0.5, 0.6) is 5.75 Å². The van der Waals surface area contributed by atoms with E-state index in [0.29, 0.717) is 23.0 Å². The van der Waals surface area contributed by atoms with Gasteiger partial charge in [0.25, 0.3) is 5.91 Å². The van der Waals surface area contributed by atoms with E-state index < -0.39 is 0 Å². The monoisotopic (exact) mass is 407 g/mol. The van der Waals surface area contributed by atoms with Gasteiger partial charge in [0.2, 0.25) is 0 Å². The molecule has 1 amide bonds. The number of nitrogens with one attached hydrogen (secondary N) is 1. The third-order valence-electron chi connectivity index (χ3n) is 6.03. The van der Waals surface area contributed by atoms with Crippen molar-refractivity contribution < 1.29 is 9.53 Å². The van der Waals surface area contributed by atoms with Gasteiger partial charge in [-0.1, -0.05) is 25.8 Å². The first-order chi connectivity index (χ1) is 14.6. The van der Waals surface area contributed by atoms with Crippen LogP contribution in [0.1, 0.15) is 49.8 Å². The van der Waals surface area contributed by atoms with Gasteiger partial charge in [-0.3, -0.25) is 9.78 Å². The van der Waals surface area contributed by atoms with Crippen molar-refractivity contribution in [3.63, 3.8) is 0 Å². The van der Waals surface area contributed by atoms with Crippen molar-refractivity contribution in [3.8, 4) is 17.3 Å². The van der Waals surface area contributed by atoms with Crippen LogP contribution in [0.3, 0.4) is 0 Å². The second kappa shape index (κ2) is 8.81. The molecule has 7 heteroatoms. The number of likely N-dealkylation sites (N-methyl/N-ethyl adjacent to an activating group) is 1. The quantitative estimate of drug-likeness (QED) is 0.739. The molecule has 2 aromatic rings. The first-order valence-electron chi connectivity index (χ1n) is 10.7. The van der Waals surface area contributed by atoms with Gasteiger partial charge >= 0.3 is 0 Å². The molecule has 1 fully saturated rings. The number of carbonyl (C=O) groups excluding carboxylic acids is 1. The van der Waals surface area contributed by atoms with E-state index in [1.807, 2.05) is 13.1 Å². The predicted molar refractivity (Wildman–Crippen MR) is 116 cm³/mol. The summed E-state index contributed by atoms with van der Waals surface area (Å²) in [6.07, 6.45) is 10.2. The van der Waals surface area contributed by atoms with Gasteiger partial charge in [0.15, 0.2) is 5.82 Å². The predicted octanol–water partition coefficient (Wildman–Crippen LogP) is 3.43. The molecule has 0 spiro atoms. The van der Waals surface area contributed by atoms with Gasteiger partial charge in [0, 0.05) is 36.6 Å². The maximum absolute atomic E-state index is 12.8. The van der Waals surface area contributed by atoms with Gasteiger partial charge in [-0.2, -0.15) is 0 Å². The van der Waals surface area contributed by atoms with E-state index in [1.165, 1.54) is 19.3 Å². The number of aromatic nitrogens is 3. The topological polar surface area (TPSA) is 80.2 Å². The first-order valence-corrected chi connectivity index (χ1v) is 10.7. The molecule has 0 radical (unpaired) electrons. The molecule has 0 aliphatic heterocycles. The van der Waals surface area contributed by atoms with Crippen LogP contribution in [0.2, 0.25) is 0 Å². The molecule has 7 nitrogen and oxygen atoms in total. The lowest BCUT2D eigenvalue weighted by molar-refractivity contribution is -0.118. The Morgan fingerprint density at radius 3 is 2.77 bits per heavy atom. The Kier molecular flexibility index (Phi) is 5.97. The van der Waals surface area contributed by atoms with E-state index in [4.69, 9.17) is 14.7 Å². The third kappa shape index (κ3) is 4.15. The molecule has 0 saturated heterocycles. The standard InChI is InChI=1S/C23H29N5O2/c1-15(23(29)25-16-8-5-4-6-9-16)28(2)22-18-10-7-11-19(18)26-21(27-22)20-14-17(30-3)12-13-24-20/h12-14,16H,1,4-11H2,2-3H3,(H,25,29). The summed E-state index contributed by atoms with van der Waals surface area (Å²) in [5.41, 5.74) is 3.16. The highest BCUT2D eigenvalue weighted by molar-refractivity contribution is 5.96. The van der Waals surface area contributed by atoms with E-state index in [2.05, 4.69) is 16.9 Å². The number of ether oxygens (including phenoxy) is 1. The fourth-order valence-electron chi connectivity index (χ4n) is 4.26. The molecule has 1 N–H and O–H groups in total. The lowest BCUT2D eigenvalue weighted by Gasteiger charge is -2.27. The zero-order chi connectivity index (χ0) is 21.1. The lowest BCUT2D eigenvalue weighted by atomic mass is 9.95. The van der Waals surface area contributed by atoms with Crippen LogP contribution >= 0.6 is 0 Å². The molecule has 0 atom stereocenters. The summed E-state index contributed by atoms with van der Waals surface area (Å²) in [4.78, 5) is 28.6. The fourth-order valence-corrected chi connectivity index (χ4v) is 4.26. The van der Waals surface area contributed by atoms with Gasteiger partial charge in [-0.05, 0) is 38.2 Å². The highest BCUT2D eigenvalue weighted by atomic mass is 16.5. The summed E-state index contributed by atoms with van der Waals surface area (Å²) in [5, 5.41) is 3.15. The Morgan fingerprint density at radius 2 is 2.00 bits per heavy atom. The zero-order valence-electron chi connectivity index (χ0n) is 17.8. The number of hydrogen-bond donors (Lipinski definition) is 1. The van der Waals surface area contributed by atoms with Gasteiger partial charge in [0.05, 0.1) is 7.11 Å². The van der Waals surface area contributed by atoms with Gasteiger partial charge < -0.3 is 15.0 Å². The number of nitrogens with zero attached hydrogens (tertiary/aromatic N) is 4. The van der Waals surface area contributed by atoms with E-state index in [9.17, 15) is 4.79 Å². The molecule has 4 rings (SSSR count). The summed E-state index contributed by atoms with van der Waals surface area (Å²) in [7, 11) is 3.48. The Morgan fingerprint density at radius 1 is 1.20 bits per heavy atom. The molecule has 158 valence electrons. The number of methoxy groups -OCH3 is 1. The highest BCUT2D eigenvalue weighted by Crippen LogP contribution is 2.32. The van der Waals surface area contributed by atoms with Gasteiger partial charge in [-0.25, -0.2) is 9.97 Å². The number of anilines is 1. The van der Waals surface area contributed by atoms with Crippen molar-refractivity contribution in [2.45, 2.75) is 57.4 Å². The third-order valence-corrected chi connectivity index (χ3v) is 6.03. The molecule has 2 aliphatic rings. The van der Waals surface area contributed by atoms with Crippen LogP contribution in [0, 0.1) is 0 Å². The number of pyridine rings is 1. The first kappa shape index (κ1) is 20.3. The van der Waals surface area contributed by atoms with Crippen LogP contribution in [-0.4, -0.2) is 41.1 Å². The van der Waals surface area contributed by atoms with Crippen molar-refractivity contribution >= 4 is 11.7 Å². The maximum Gasteiger partial charge on any atom is 0.267 e. The normalized spacial score (nSPS) is 16.1. The average molecular weight is 408 g/mol. The summed E-state index contributed by atoms with van der Waals surface area (Å²) in [5.74, 6) is 1.85. The van der Waals surface area contributed by atoms with Crippen molar-refractivity contribution in [3.05, 3.63) is 41.9 Å². The van der Waals surface area contributed by atoms with Crippen LogP contribution in [-0.2, 0) is 17.6 Å². The van der Waals surface area contributed by atoms with Crippen molar-refractivity contribution in [1.82, 2.24) is 20.3 Å². The Balaban J connectivity index is 1.61. The number of carbonyl (C=O) groups is 1. The molecular weight excluding hydrogens is 378 g/mol. The van der Waals surface area contributed by atoms with E-state index in [-0.39, 0.29) is 11.9 Å². The molecule has 2 aromatic heterocycles. The molecule has 2 aliphatic carbocycles. The highest BCUT2D eigenvalue weighted by Gasteiger charge is 2.26. The van der Waals surface area contributed by atoms with Crippen LogP contribution < -0.4 is 15.0 Å². The van der Waals surface area contributed by atoms with Crippen LogP contribution in [0.25, 0.3) is 11.5 Å². The molecule has 1 saturated carbocycles. The van der Waals surface area contributed by atoms with Crippen molar-refractivity contribution in [2.75, 3.05) is 19.1 Å². The smallest absolute Gasteiger partial charge is 0.267 e. The maximum atomic E-state index is 12.8. The van der Waals surface area contributed by atoms with E-state index in [1.54, 1.807) is 24.3 Å². The number of amides is 1. The molecule has 0 bridgehead atoms. The summed E-state index contributed by atoms with van der Waals surface area (Å²) in [6.45, 7) is 4.07. The fraction of sp³-hybridized carbons (Fsp3) is 0.478. The van der Waals surface area contributed by atoms with Gasteiger partial charge in [-0.15, -0.1) is 0 Å².